The van der Waals surface area contributed by atoms with E-state index < -0.39 is 28.5 Å². The second-order valence-corrected chi connectivity index (χ2v) is 9.56. The number of rotatable bonds is 9. The van der Waals surface area contributed by atoms with Crippen molar-refractivity contribution in [3.8, 4) is 0 Å². The Bertz CT molecular complexity index is 1310. The lowest BCUT2D eigenvalue weighted by Gasteiger charge is -2.24. The molecule has 7 nitrogen and oxygen atoms in total. The predicted octanol–water partition coefficient (Wildman–Crippen LogP) is 4.83. The van der Waals surface area contributed by atoms with Gasteiger partial charge in [-0.1, -0.05) is 53.6 Å². The fourth-order valence-electron chi connectivity index (χ4n) is 3.06. The van der Waals surface area contributed by atoms with Crippen molar-refractivity contribution in [1.29, 1.82) is 0 Å². The molecule has 0 fully saturated rings. The lowest BCUT2D eigenvalue weighted by molar-refractivity contribution is -0.119. The SMILES string of the molecule is C=CCN(c1ccccc1Cl)S(=O)(=O)c1cccc(C(=O)OCC(=O)Nc2ccc(C)cc2)c1. The molecule has 0 atom stereocenters. The monoisotopic (exact) mass is 498 g/mol. The minimum Gasteiger partial charge on any atom is -0.452 e. The summed E-state index contributed by atoms with van der Waals surface area (Å²) >= 11 is 6.21. The van der Waals surface area contributed by atoms with E-state index in [0.29, 0.717) is 5.69 Å². The van der Waals surface area contributed by atoms with E-state index in [2.05, 4.69) is 11.9 Å². The van der Waals surface area contributed by atoms with Gasteiger partial charge in [-0.3, -0.25) is 9.10 Å². The Morgan fingerprint density at radius 3 is 2.44 bits per heavy atom. The highest BCUT2D eigenvalue weighted by Crippen LogP contribution is 2.30. The summed E-state index contributed by atoms with van der Waals surface area (Å²) in [4.78, 5) is 24.5. The van der Waals surface area contributed by atoms with E-state index in [0.717, 1.165) is 9.87 Å². The van der Waals surface area contributed by atoms with Crippen molar-refractivity contribution in [2.75, 3.05) is 22.8 Å². The zero-order chi connectivity index (χ0) is 24.7. The van der Waals surface area contributed by atoms with Crippen LogP contribution >= 0.6 is 11.6 Å². The van der Waals surface area contributed by atoms with Gasteiger partial charge in [-0.25, -0.2) is 13.2 Å². The number of nitrogens with one attached hydrogen (secondary N) is 1. The maximum atomic E-state index is 13.3. The van der Waals surface area contributed by atoms with E-state index in [1.807, 2.05) is 19.1 Å². The molecule has 1 amide bonds. The molecule has 0 radical (unpaired) electrons. The van der Waals surface area contributed by atoms with Gasteiger partial charge in [0.1, 0.15) is 0 Å². The number of aryl methyl sites for hydroxylation is 1. The predicted molar refractivity (Wildman–Crippen MR) is 133 cm³/mol. The average Bonchev–Trinajstić information content (AvgIpc) is 2.83. The summed E-state index contributed by atoms with van der Waals surface area (Å²) < 4.78 is 32.9. The number of carbonyl (C=O) groups is 2. The first-order chi connectivity index (χ1) is 16.2. The van der Waals surface area contributed by atoms with E-state index in [9.17, 15) is 18.0 Å². The lowest BCUT2D eigenvalue weighted by atomic mass is 10.2. The number of anilines is 2. The fraction of sp³-hybridized carbons (Fsp3) is 0.120. The normalized spacial score (nSPS) is 10.9. The summed E-state index contributed by atoms with van der Waals surface area (Å²) in [5.41, 5.74) is 1.88. The molecule has 0 heterocycles. The van der Waals surface area contributed by atoms with Crippen molar-refractivity contribution in [2.45, 2.75) is 11.8 Å². The Morgan fingerprint density at radius 1 is 1.06 bits per heavy atom. The first kappa shape index (κ1) is 25.0. The number of esters is 1. The van der Waals surface area contributed by atoms with Gasteiger partial charge in [-0.15, -0.1) is 6.58 Å². The first-order valence-corrected chi connectivity index (χ1v) is 12.1. The smallest absolute Gasteiger partial charge is 0.338 e. The Hall–Kier alpha value is -3.62. The second kappa shape index (κ2) is 11.0. The van der Waals surface area contributed by atoms with Crippen LogP contribution in [0.15, 0.2) is 90.3 Å². The second-order valence-electron chi connectivity index (χ2n) is 7.29. The molecule has 0 unspecified atom stereocenters. The summed E-state index contributed by atoms with van der Waals surface area (Å²) in [6.07, 6.45) is 1.44. The van der Waals surface area contributed by atoms with E-state index in [4.69, 9.17) is 16.3 Å². The zero-order valence-corrected chi connectivity index (χ0v) is 20.0. The van der Waals surface area contributed by atoms with Crippen LogP contribution in [0, 0.1) is 6.92 Å². The van der Waals surface area contributed by atoms with Crippen molar-refractivity contribution < 1.29 is 22.7 Å². The van der Waals surface area contributed by atoms with Crippen molar-refractivity contribution >= 4 is 44.9 Å². The van der Waals surface area contributed by atoms with Crippen LogP contribution in [0.1, 0.15) is 15.9 Å². The molecule has 0 aromatic heterocycles. The quantitative estimate of drug-likeness (QED) is 0.337. The van der Waals surface area contributed by atoms with Crippen molar-refractivity contribution in [3.63, 3.8) is 0 Å². The molecular weight excluding hydrogens is 476 g/mol. The Morgan fingerprint density at radius 2 is 1.76 bits per heavy atom. The van der Waals surface area contributed by atoms with Gasteiger partial charge in [-0.2, -0.15) is 0 Å². The third-order valence-corrected chi connectivity index (χ3v) is 6.84. The molecule has 1 N–H and O–H groups in total. The summed E-state index contributed by atoms with van der Waals surface area (Å²) in [6, 6.07) is 19.1. The van der Waals surface area contributed by atoms with Crippen LogP contribution in [0.25, 0.3) is 0 Å². The molecule has 0 aliphatic heterocycles. The van der Waals surface area contributed by atoms with Crippen molar-refractivity contribution in [2.24, 2.45) is 0 Å². The lowest BCUT2D eigenvalue weighted by Crippen LogP contribution is -2.31. The third-order valence-electron chi connectivity index (χ3n) is 4.74. The van der Waals surface area contributed by atoms with Crippen LogP contribution < -0.4 is 9.62 Å². The number of hydrogen-bond acceptors (Lipinski definition) is 5. The number of para-hydroxylation sites is 1. The number of halogens is 1. The number of amides is 1. The van der Waals surface area contributed by atoms with Gasteiger partial charge < -0.3 is 10.1 Å². The molecule has 176 valence electrons. The van der Waals surface area contributed by atoms with Crippen molar-refractivity contribution in [1.82, 2.24) is 0 Å². The highest BCUT2D eigenvalue weighted by atomic mass is 35.5. The summed E-state index contributed by atoms with van der Waals surface area (Å²) in [7, 11) is -4.08. The molecule has 3 aromatic rings. The van der Waals surface area contributed by atoms with Crippen LogP contribution in [0.4, 0.5) is 11.4 Å². The molecule has 0 aliphatic rings. The van der Waals surface area contributed by atoms with Gasteiger partial charge in [-0.05, 0) is 49.4 Å². The molecule has 9 heteroatoms. The molecule has 0 bridgehead atoms. The van der Waals surface area contributed by atoms with Crippen LogP contribution in [-0.2, 0) is 19.6 Å². The Kier molecular flexibility index (Phi) is 8.09. The molecular formula is C25H23ClN2O5S. The number of nitrogens with zero attached hydrogens (tertiary/aromatic N) is 1. The van der Waals surface area contributed by atoms with Gasteiger partial charge in [0.05, 0.1) is 27.7 Å². The molecule has 3 rings (SSSR count). The van der Waals surface area contributed by atoms with E-state index in [-0.39, 0.29) is 27.7 Å². The third kappa shape index (κ3) is 6.03. The molecule has 0 saturated carbocycles. The van der Waals surface area contributed by atoms with E-state index in [1.165, 1.54) is 30.3 Å². The maximum Gasteiger partial charge on any atom is 0.338 e. The first-order valence-electron chi connectivity index (χ1n) is 10.2. The standard InChI is InChI=1S/C25H23ClN2O5S/c1-3-15-28(23-10-5-4-9-22(23)26)34(31,32)21-8-6-7-19(16-21)25(30)33-17-24(29)27-20-13-11-18(2)12-14-20/h3-14,16H,1,15,17H2,2H3,(H,27,29). The van der Waals surface area contributed by atoms with Gasteiger partial charge in [0.15, 0.2) is 6.61 Å². The summed E-state index contributed by atoms with van der Waals surface area (Å²) in [6.45, 7) is 5.00. The Balaban J connectivity index is 1.75. The molecule has 0 saturated heterocycles. The number of benzene rings is 3. The van der Waals surface area contributed by atoms with Crippen LogP contribution in [0.2, 0.25) is 5.02 Å². The Labute approximate surface area is 203 Å². The minimum absolute atomic E-state index is 0.0121. The average molecular weight is 499 g/mol. The highest BCUT2D eigenvalue weighted by Gasteiger charge is 2.26. The molecule has 0 aliphatic carbocycles. The van der Waals surface area contributed by atoms with Crippen LogP contribution in [0.3, 0.4) is 0 Å². The van der Waals surface area contributed by atoms with Crippen molar-refractivity contribution in [3.05, 3.63) is 102 Å². The largest absolute Gasteiger partial charge is 0.452 e. The topological polar surface area (TPSA) is 92.8 Å². The molecule has 3 aromatic carbocycles. The summed E-state index contributed by atoms with van der Waals surface area (Å²) in [5.74, 6) is -1.35. The van der Waals surface area contributed by atoms with Crippen LogP contribution in [-0.4, -0.2) is 33.4 Å². The van der Waals surface area contributed by atoms with Gasteiger partial charge in [0, 0.05) is 5.69 Å². The number of sulfonamides is 1. The number of hydrogen-bond donors (Lipinski definition) is 1. The minimum atomic E-state index is -4.08. The van der Waals surface area contributed by atoms with Gasteiger partial charge in [0.2, 0.25) is 0 Å². The van der Waals surface area contributed by atoms with E-state index in [1.54, 1.807) is 36.4 Å². The molecule has 34 heavy (non-hydrogen) atoms. The summed E-state index contributed by atoms with van der Waals surface area (Å²) in [5, 5.41) is 2.88. The van der Waals surface area contributed by atoms with E-state index >= 15 is 0 Å². The van der Waals surface area contributed by atoms with Gasteiger partial charge >= 0.3 is 5.97 Å². The maximum absolute atomic E-state index is 13.3. The van der Waals surface area contributed by atoms with Crippen LogP contribution in [0.5, 0.6) is 0 Å². The number of carbonyl (C=O) groups excluding carboxylic acids is 2. The molecule has 0 spiro atoms. The van der Waals surface area contributed by atoms with Gasteiger partial charge in [0.25, 0.3) is 15.9 Å². The number of ether oxygens (including phenoxy) is 1. The fourth-order valence-corrected chi connectivity index (χ4v) is 4.84. The highest BCUT2D eigenvalue weighted by molar-refractivity contribution is 7.92. The zero-order valence-electron chi connectivity index (χ0n) is 18.4.